The Kier molecular flexibility index (Phi) is 53.9. The first kappa shape index (κ1) is 67.4. The minimum atomic E-state index is -0.534. The van der Waals surface area contributed by atoms with E-state index in [9.17, 15) is 9.59 Å². The predicted octanol–water partition coefficient (Wildman–Crippen LogP) is 0.284. The fourth-order valence-electron chi connectivity index (χ4n) is 5.15. The molecule has 72 heavy (non-hydrogen) atoms. The molecule has 0 aliphatic heterocycles. The minimum absolute atomic E-state index is 0.00924. The van der Waals surface area contributed by atoms with Crippen LogP contribution in [0.2, 0.25) is 0 Å². The maximum absolute atomic E-state index is 12.4. The van der Waals surface area contributed by atoms with Crippen LogP contribution in [0.15, 0.2) is 24.3 Å². The van der Waals surface area contributed by atoms with Gasteiger partial charge in [-0.1, -0.05) is 0 Å². The molecule has 1 aromatic carbocycles. The average molecular weight is 1050 g/mol. The molecule has 0 unspecified atom stereocenters. The molecule has 0 aromatic heterocycles. The van der Waals surface area contributed by atoms with Crippen LogP contribution in [0, 0.1) is 0 Å². The summed E-state index contributed by atoms with van der Waals surface area (Å²) < 4.78 is 108. The molecule has 422 valence electrons. The van der Waals surface area contributed by atoms with Crippen LogP contribution in [-0.2, 0) is 94.7 Å². The van der Waals surface area contributed by atoms with Crippen molar-refractivity contribution in [3.8, 4) is 0 Å². The zero-order valence-electron chi connectivity index (χ0n) is 42.5. The lowest BCUT2D eigenvalue weighted by Gasteiger charge is -2.09. The molecule has 0 saturated carbocycles. The summed E-state index contributed by atoms with van der Waals surface area (Å²) in [5.74, 6) is -1.07. The number of ether oxygens (including phenoxy) is 20. The van der Waals surface area contributed by atoms with Crippen LogP contribution in [0.1, 0.15) is 20.7 Å². The van der Waals surface area contributed by atoms with Gasteiger partial charge in [0.25, 0.3) is 0 Å². The largest absolute Gasteiger partial charge is 0.460 e. The number of aliphatic hydroxyl groups is 2. The summed E-state index contributed by atoms with van der Waals surface area (Å²) in [6.07, 6.45) is 0. The van der Waals surface area contributed by atoms with Crippen molar-refractivity contribution in [2.24, 2.45) is 0 Å². The van der Waals surface area contributed by atoms with E-state index < -0.39 is 11.9 Å². The highest BCUT2D eigenvalue weighted by Gasteiger charge is 2.11. The summed E-state index contributed by atoms with van der Waals surface area (Å²) in [6.45, 7) is 15.4. The first-order valence-corrected chi connectivity index (χ1v) is 24.7. The molecule has 0 radical (unpaired) electrons. The predicted molar refractivity (Wildman–Crippen MR) is 256 cm³/mol. The third kappa shape index (κ3) is 49.6. The number of esters is 2. The van der Waals surface area contributed by atoms with Gasteiger partial charge in [0.1, 0.15) is 13.2 Å². The van der Waals surface area contributed by atoms with Gasteiger partial charge in [-0.05, 0) is 24.3 Å². The summed E-state index contributed by atoms with van der Waals surface area (Å²) >= 11 is 0. The van der Waals surface area contributed by atoms with E-state index in [1.54, 1.807) is 0 Å². The van der Waals surface area contributed by atoms with Crippen LogP contribution < -0.4 is 0 Å². The van der Waals surface area contributed by atoms with Crippen molar-refractivity contribution in [3.63, 3.8) is 0 Å². The molecule has 0 saturated heterocycles. The van der Waals surface area contributed by atoms with Crippen LogP contribution in [0.25, 0.3) is 0 Å². The first-order valence-electron chi connectivity index (χ1n) is 24.7. The van der Waals surface area contributed by atoms with E-state index in [4.69, 9.17) is 105 Å². The SMILES string of the molecule is O=C(OCCOCCOCCOCCOCCOCCOCCOCCOCCOCCO)c1ccc(C(=O)OCCOCCOCCOCCOCCOCCOCCOCCOCCOCCO)cc1. The van der Waals surface area contributed by atoms with Crippen LogP contribution in [0.4, 0.5) is 0 Å². The highest BCUT2D eigenvalue weighted by Crippen LogP contribution is 2.08. The lowest BCUT2D eigenvalue weighted by Crippen LogP contribution is -2.16. The Hall–Kier alpha value is -2.64. The molecule has 0 amide bonds. The lowest BCUT2D eigenvalue weighted by molar-refractivity contribution is -0.0263. The van der Waals surface area contributed by atoms with Crippen LogP contribution in [0.3, 0.4) is 0 Å². The number of aliphatic hydroxyl groups excluding tert-OH is 2. The number of benzene rings is 1. The maximum atomic E-state index is 12.4. The van der Waals surface area contributed by atoms with E-state index in [0.717, 1.165) is 0 Å². The van der Waals surface area contributed by atoms with E-state index in [2.05, 4.69) is 0 Å². The molecule has 24 nitrogen and oxygen atoms in total. The molecule has 1 rings (SSSR count). The number of rotatable bonds is 60. The van der Waals surface area contributed by atoms with Gasteiger partial charge in [-0.15, -0.1) is 0 Å². The highest BCUT2D eigenvalue weighted by molar-refractivity contribution is 5.93. The molecular formula is C48H86O24. The summed E-state index contributed by atoms with van der Waals surface area (Å²) in [5.41, 5.74) is 0.591. The second-order valence-electron chi connectivity index (χ2n) is 14.3. The number of hydrogen-bond acceptors (Lipinski definition) is 24. The zero-order valence-corrected chi connectivity index (χ0v) is 42.5. The molecule has 2 N–H and O–H groups in total. The van der Waals surface area contributed by atoms with Crippen molar-refractivity contribution in [2.75, 3.05) is 264 Å². The fraction of sp³-hybridized carbons (Fsp3) is 0.833. The maximum Gasteiger partial charge on any atom is 0.338 e. The molecule has 0 atom stereocenters. The smallest absolute Gasteiger partial charge is 0.338 e. The van der Waals surface area contributed by atoms with Crippen molar-refractivity contribution in [3.05, 3.63) is 35.4 Å². The van der Waals surface area contributed by atoms with E-state index >= 15 is 0 Å². The lowest BCUT2D eigenvalue weighted by atomic mass is 10.1. The van der Waals surface area contributed by atoms with Crippen molar-refractivity contribution in [1.82, 2.24) is 0 Å². The topological polar surface area (TPSA) is 259 Å². The molecule has 0 aliphatic carbocycles. The molecule has 0 bridgehead atoms. The molecular weight excluding hydrogens is 961 g/mol. The Bertz CT molecular complexity index is 1160. The van der Waals surface area contributed by atoms with Gasteiger partial charge >= 0.3 is 11.9 Å². The Balaban J connectivity index is 1.79. The molecule has 0 heterocycles. The van der Waals surface area contributed by atoms with Gasteiger partial charge in [-0.2, -0.15) is 0 Å². The number of carbonyl (C=O) groups excluding carboxylic acids is 2. The van der Waals surface area contributed by atoms with Gasteiger partial charge in [-0.3, -0.25) is 0 Å². The van der Waals surface area contributed by atoms with Gasteiger partial charge < -0.3 is 105 Å². The van der Waals surface area contributed by atoms with E-state index in [1.807, 2.05) is 0 Å². The standard InChI is InChI=1S/C48H86O24/c49-5-7-53-9-11-55-13-15-57-17-19-59-21-23-61-25-27-63-29-31-65-33-35-67-37-39-69-41-43-71-47(51)45-1-2-46(4-3-45)48(52)72-44-42-70-40-38-68-36-34-66-32-30-64-28-26-62-24-22-60-20-18-58-16-14-56-12-10-54-8-6-50/h1-4,49-50H,5-44H2. The normalized spacial score (nSPS) is 11.5. The molecule has 24 heteroatoms. The zero-order chi connectivity index (χ0) is 51.6. The Morgan fingerprint density at radius 2 is 0.347 bits per heavy atom. The van der Waals surface area contributed by atoms with Gasteiger partial charge in [0.15, 0.2) is 0 Å². The molecule has 0 spiro atoms. The second kappa shape index (κ2) is 57.6. The first-order chi connectivity index (χ1) is 35.7. The van der Waals surface area contributed by atoms with Crippen LogP contribution in [0.5, 0.6) is 0 Å². The van der Waals surface area contributed by atoms with Crippen molar-refractivity contribution in [1.29, 1.82) is 0 Å². The fourth-order valence-corrected chi connectivity index (χ4v) is 5.15. The third-order valence-corrected chi connectivity index (χ3v) is 8.70. The number of carbonyl (C=O) groups is 2. The second-order valence-corrected chi connectivity index (χ2v) is 14.3. The number of hydrogen-bond donors (Lipinski definition) is 2. The third-order valence-electron chi connectivity index (χ3n) is 8.70. The quantitative estimate of drug-likeness (QED) is 0.0656. The van der Waals surface area contributed by atoms with Gasteiger partial charge in [-0.25, -0.2) is 9.59 Å². The highest BCUT2D eigenvalue weighted by atomic mass is 16.6. The Morgan fingerprint density at radius 1 is 0.222 bits per heavy atom. The average Bonchev–Trinajstić information content (AvgIpc) is 3.39. The van der Waals surface area contributed by atoms with Crippen LogP contribution >= 0.6 is 0 Å². The van der Waals surface area contributed by atoms with E-state index in [-0.39, 0.29) is 39.6 Å². The van der Waals surface area contributed by atoms with Gasteiger partial charge in [0, 0.05) is 0 Å². The monoisotopic (exact) mass is 1050 g/mol. The van der Waals surface area contributed by atoms with E-state index in [1.165, 1.54) is 24.3 Å². The summed E-state index contributed by atoms with van der Waals surface area (Å²) in [5, 5.41) is 17.2. The van der Waals surface area contributed by atoms with E-state index in [0.29, 0.717) is 236 Å². The molecule has 0 aliphatic rings. The summed E-state index contributed by atoms with van der Waals surface area (Å²) in [7, 11) is 0. The minimum Gasteiger partial charge on any atom is -0.460 e. The molecule has 1 aromatic rings. The molecule has 0 fully saturated rings. The van der Waals surface area contributed by atoms with Gasteiger partial charge in [0.05, 0.1) is 262 Å². The van der Waals surface area contributed by atoms with Gasteiger partial charge in [0.2, 0.25) is 0 Å². The summed E-state index contributed by atoms with van der Waals surface area (Å²) in [4.78, 5) is 24.7. The van der Waals surface area contributed by atoms with Crippen molar-refractivity contribution < 1.29 is 115 Å². The van der Waals surface area contributed by atoms with Crippen molar-refractivity contribution >= 4 is 11.9 Å². The van der Waals surface area contributed by atoms with Crippen LogP contribution in [-0.4, -0.2) is 286 Å². The van der Waals surface area contributed by atoms with Crippen molar-refractivity contribution in [2.45, 2.75) is 0 Å². The summed E-state index contributed by atoms with van der Waals surface area (Å²) in [6, 6.07) is 5.99. The Morgan fingerprint density at radius 3 is 0.486 bits per heavy atom. The Labute approximate surface area is 425 Å².